The summed E-state index contributed by atoms with van der Waals surface area (Å²) in [5.74, 6) is 0. The molecule has 0 aromatic rings. The third kappa shape index (κ3) is 18.3. The molecular formula is C6H21BO27P6. The van der Waals surface area contributed by atoms with Crippen LogP contribution in [-0.2, 0) is 54.5 Å². The Kier molecular flexibility index (Phi) is 14.8. The molecule has 27 nitrogen and oxygen atoms in total. The highest BCUT2D eigenvalue weighted by atomic mass is 31.2. The Morgan fingerprint density at radius 3 is 0.450 bits per heavy atom. The van der Waals surface area contributed by atoms with Crippen LogP contribution in [0.3, 0.4) is 0 Å². The van der Waals surface area contributed by atoms with Crippen molar-refractivity contribution in [2.45, 2.75) is 36.6 Å². The molecule has 0 unspecified atom stereocenters. The molecule has 1 aliphatic carbocycles. The SMILES string of the molecule is O=P(O)(O)O[C@H]1[C@H](OP(=O)(O)O)[C@@H](OP(=O)(O)O)[C@H](OP(=O)(O)O)[C@@H](OP(=O)(O)O)[C@H]1OP(=O)(O)O.OB(O)O. The highest BCUT2D eigenvalue weighted by Gasteiger charge is 2.62. The molecule has 0 amide bonds. The lowest BCUT2D eigenvalue weighted by molar-refractivity contribution is -0.202. The second kappa shape index (κ2) is 14.6. The minimum Gasteiger partial charge on any atom is -0.402 e. The maximum Gasteiger partial charge on any atom is 0.631 e. The lowest BCUT2D eigenvalue weighted by Crippen LogP contribution is -2.66. The summed E-state index contributed by atoms with van der Waals surface area (Å²) in [7, 11) is -38.3. The zero-order valence-corrected chi connectivity index (χ0v) is 23.7. The van der Waals surface area contributed by atoms with Gasteiger partial charge in [0.1, 0.15) is 36.6 Å². The highest BCUT2D eigenvalue weighted by molar-refractivity contribution is 7.47. The first-order valence-electron chi connectivity index (χ1n) is 8.78. The van der Waals surface area contributed by atoms with Gasteiger partial charge in [0.15, 0.2) is 0 Å². The van der Waals surface area contributed by atoms with E-state index in [0.717, 1.165) is 0 Å². The molecule has 0 atom stereocenters. The monoisotopic (exact) mass is 722 g/mol. The van der Waals surface area contributed by atoms with Crippen molar-refractivity contribution < 1.29 is 128 Å². The van der Waals surface area contributed by atoms with E-state index >= 15 is 0 Å². The van der Waals surface area contributed by atoms with Crippen molar-refractivity contribution in [2.24, 2.45) is 0 Å². The Morgan fingerprint density at radius 2 is 0.400 bits per heavy atom. The lowest BCUT2D eigenvalue weighted by atomic mass is 9.85. The van der Waals surface area contributed by atoms with Gasteiger partial charge in [0.25, 0.3) is 0 Å². The van der Waals surface area contributed by atoms with Crippen molar-refractivity contribution in [3.05, 3.63) is 0 Å². The van der Waals surface area contributed by atoms with Gasteiger partial charge >= 0.3 is 54.3 Å². The molecule has 34 heteroatoms. The predicted octanol–water partition coefficient (Wildman–Crippen LogP) is -5.18. The first kappa shape index (κ1) is 40.6. The Morgan fingerprint density at radius 1 is 0.325 bits per heavy atom. The lowest BCUT2D eigenvalue weighted by Gasteiger charge is -2.48. The number of phosphoric acid groups is 6. The van der Waals surface area contributed by atoms with Gasteiger partial charge in [0, 0.05) is 0 Å². The molecule has 1 rings (SSSR count). The molecule has 0 radical (unpaired) electrons. The third-order valence-electron chi connectivity index (χ3n) is 3.50. The molecular weight excluding hydrogens is 701 g/mol. The van der Waals surface area contributed by atoms with Gasteiger partial charge < -0.3 is 73.8 Å². The van der Waals surface area contributed by atoms with Gasteiger partial charge in [0.05, 0.1) is 0 Å². The molecule has 1 saturated carbocycles. The van der Waals surface area contributed by atoms with Crippen molar-refractivity contribution in [3.63, 3.8) is 0 Å². The summed E-state index contributed by atoms with van der Waals surface area (Å²) < 4.78 is 93.1. The smallest absolute Gasteiger partial charge is 0.402 e. The standard InChI is InChI=1S/C6H18O24P6.BH3O3/c7-31(8,9)25-1-2(26-32(10,11)12)4(28-34(16,17)18)6(30-36(22,23)24)5(29-35(19,20)21)3(1)27-33(13,14)15;2-1(3)4/h1-6H,(H2,7,8,9)(H2,10,11,12)(H2,13,14,15)(H2,16,17,18)(H2,19,20,21)(H2,22,23,24);2-4H/t1-,2-,3-,4+,5-,6-;. The van der Waals surface area contributed by atoms with Crippen molar-refractivity contribution in [1.82, 2.24) is 0 Å². The highest BCUT2D eigenvalue weighted by Crippen LogP contribution is 2.57. The number of hydrogen-bond donors (Lipinski definition) is 15. The number of hydrogen-bond acceptors (Lipinski definition) is 15. The van der Waals surface area contributed by atoms with Crippen LogP contribution in [0.5, 0.6) is 0 Å². The molecule has 0 bridgehead atoms. The molecule has 1 aliphatic rings. The van der Waals surface area contributed by atoms with Crippen LogP contribution in [0.2, 0.25) is 0 Å². The minimum absolute atomic E-state index is 2.17. The molecule has 0 aliphatic heterocycles. The fourth-order valence-corrected chi connectivity index (χ4v) is 6.14. The van der Waals surface area contributed by atoms with Gasteiger partial charge in [-0.1, -0.05) is 0 Å². The first-order chi connectivity index (χ1) is 17.3. The summed E-state index contributed by atoms with van der Waals surface area (Å²) in [5, 5.41) is 21.5. The maximum absolute atomic E-state index is 11.4. The second-order valence-corrected chi connectivity index (χ2v) is 13.9. The zero-order valence-electron chi connectivity index (χ0n) is 18.3. The number of phosphoric ester groups is 6. The van der Waals surface area contributed by atoms with Crippen LogP contribution in [-0.4, -0.2) is 118 Å². The van der Waals surface area contributed by atoms with Gasteiger partial charge in [-0.15, -0.1) is 0 Å². The van der Waals surface area contributed by atoms with Gasteiger partial charge in [-0.3, -0.25) is 27.1 Å². The summed E-state index contributed by atoms with van der Waals surface area (Å²) >= 11 is 0. The fraction of sp³-hybridized carbons (Fsp3) is 1.00. The molecule has 0 saturated heterocycles. The summed E-state index contributed by atoms with van der Waals surface area (Å²) in [6.07, 6.45) is -18.9. The molecule has 0 heterocycles. The van der Waals surface area contributed by atoms with Gasteiger partial charge in [-0.05, 0) is 0 Å². The summed E-state index contributed by atoms with van der Waals surface area (Å²) in [4.78, 5) is 110. The molecule has 0 aromatic carbocycles. The molecule has 240 valence electrons. The molecule has 40 heavy (non-hydrogen) atoms. The predicted molar refractivity (Wildman–Crippen MR) is 114 cm³/mol. The maximum atomic E-state index is 11.4. The van der Waals surface area contributed by atoms with E-state index in [-0.39, 0.29) is 0 Å². The van der Waals surface area contributed by atoms with Crippen molar-refractivity contribution >= 4 is 54.3 Å². The van der Waals surface area contributed by atoms with Crippen LogP contribution in [0.15, 0.2) is 0 Å². The molecule has 0 spiro atoms. The van der Waals surface area contributed by atoms with E-state index in [1.807, 2.05) is 0 Å². The summed E-state index contributed by atoms with van der Waals surface area (Å²) in [5.41, 5.74) is 0. The summed E-state index contributed by atoms with van der Waals surface area (Å²) in [6.45, 7) is 0. The topological polar surface area (TPSA) is 461 Å². The quantitative estimate of drug-likeness (QED) is 0.0661. The van der Waals surface area contributed by atoms with E-state index in [9.17, 15) is 27.4 Å². The van der Waals surface area contributed by atoms with Crippen LogP contribution >= 0.6 is 46.9 Å². The minimum atomic E-state index is -6.02. The van der Waals surface area contributed by atoms with E-state index < -0.39 is 90.9 Å². The normalized spacial score (nSPS) is 27.1. The summed E-state index contributed by atoms with van der Waals surface area (Å²) in [6, 6.07) is 0. The van der Waals surface area contributed by atoms with Crippen molar-refractivity contribution in [2.75, 3.05) is 0 Å². The van der Waals surface area contributed by atoms with E-state index in [4.69, 9.17) is 73.8 Å². The number of rotatable bonds is 12. The van der Waals surface area contributed by atoms with Gasteiger partial charge in [-0.25, -0.2) is 27.4 Å². The zero-order chi connectivity index (χ0) is 32.3. The van der Waals surface area contributed by atoms with Crippen molar-refractivity contribution in [3.8, 4) is 0 Å². The third-order valence-corrected chi connectivity index (χ3v) is 6.61. The first-order valence-corrected chi connectivity index (χ1v) is 18.0. The van der Waals surface area contributed by atoms with Gasteiger partial charge in [-0.2, -0.15) is 0 Å². The Bertz CT molecular complexity index is 869. The molecule has 15 N–H and O–H groups in total. The van der Waals surface area contributed by atoms with Crippen LogP contribution in [0, 0.1) is 0 Å². The van der Waals surface area contributed by atoms with Crippen LogP contribution in [0.25, 0.3) is 0 Å². The Hall–Kier alpha value is 0.605. The van der Waals surface area contributed by atoms with E-state index in [0.29, 0.717) is 0 Å². The second-order valence-electron chi connectivity index (χ2n) is 6.71. The molecule has 1 fully saturated rings. The van der Waals surface area contributed by atoms with Crippen LogP contribution in [0.1, 0.15) is 0 Å². The average Bonchev–Trinajstić information content (AvgIpc) is 2.57. The van der Waals surface area contributed by atoms with Crippen LogP contribution < -0.4 is 0 Å². The van der Waals surface area contributed by atoms with E-state index in [1.165, 1.54) is 0 Å². The average molecular weight is 722 g/mol. The Labute approximate surface area is 219 Å². The molecule has 0 aromatic heterocycles. The van der Waals surface area contributed by atoms with Gasteiger partial charge in [0.2, 0.25) is 0 Å². The van der Waals surface area contributed by atoms with Crippen molar-refractivity contribution in [1.29, 1.82) is 0 Å². The Balaban J connectivity index is 0.00000354. The van der Waals surface area contributed by atoms with Crippen LogP contribution in [0.4, 0.5) is 0 Å². The van der Waals surface area contributed by atoms with E-state index in [1.54, 1.807) is 0 Å². The fourth-order valence-electron chi connectivity index (χ4n) is 2.79. The largest absolute Gasteiger partial charge is 0.631 e. The van der Waals surface area contributed by atoms with E-state index in [2.05, 4.69) is 27.1 Å².